The lowest BCUT2D eigenvalue weighted by molar-refractivity contribution is 0.305. The Morgan fingerprint density at radius 3 is 2.64 bits per heavy atom. The second kappa shape index (κ2) is 6.94. The molecule has 0 saturated heterocycles. The van der Waals surface area contributed by atoms with E-state index in [2.05, 4.69) is 21.1 Å². The van der Waals surface area contributed by atoms with Gasteiger partial charge in [-0.25, -0.2) is 0 Å². The molecule has 1 N–H and O–H groups in total. The monoisotopic (exact) mass is 394 g/mol. The molecule has 0 atom stereocenters. The number of fused-ring (bicyclic) bond motifs is 1. The van der Waals surface area contributed by atoms with Crippen LogP contribution in [-0.4, -0.2) is 20.9 Å². The summed E-state index contributed by atoms with van der Waals surface area (Å²) in [4.78, 5) is 0. The molecule has 0 aliphatic heterocycles. The number of nitrogens with one attached hydrogen (secondary N) is 1. The second-order valence-corrected chi connectivity index (χ2v) is 7.47. The molecular weight excluding hydrogens is 379 g/mol. The van der Waals surface area contributed by atoms with E-state index in [1.807, 2.05) is 16.7 Å². The molecule has 2 aromatic heterocycles. The molecule has 0 bridgehead atoms. The highest BCUT2D eigenvalue weighted by Gasteiger charge is 2.27. The van der Waals surface area contributed by atoms with Gasteiger partial charge in [0.05, 0.1) is 0 Å². The lowest BCUT2D eigenvalue weighted by Crippen LogP contribution is -2.03. The Balaban J connectivity index is 1.65. The van der Waals surface area contributed by atoms with Gasteiger partial charge in [-0.2, -0.15) is 0 Å². The van der Waals surface area contributed by atoms with Crippen molar-refractivity contribution in [1.29, 1.82) is 0 Å². The van der Waals surface area contributed by atoms with Crippen LogP contribution in [0, 0.1) is 0 Å². The largest absolute Gasteiger partial charge is 0.489 e. The minimum atomic E-state index is 0.442. The third-order valence-electron chi connectivity index (χ3n) is 4.11. The van der Waals surface area contributed by atoms with Gasteiger partial charge < -0.3 is 4.74 Å². The molecule has 0 radical (unpaired) electrons. The zero-order valence-corrected chi connectivity index (χ0v) is 15.8. The van der Waals surface area contributed by atoms with Crippen LogP contribution in [0.15, 0.2) is 30.5 Å². The molecule has 2 heterocycles. The van der Waals surface area contributed by atoms with E-state index >= 15 is 0 Å². The number of hydrogen-bond donors (Lipinski definition) is 1. The Morgan fingerprint density at radius 1 is 1.20 bits per heavy atom. The van der Waals surface area contributed by atoms with Gasteiger partial charge in [0.1, 0.15) is 12.4 Å². The first-order valence-corrected chi connectivity index (χ1v) is 9.87. The first-order valence-electron chi connectivity index (χ1n) is 7.89. The molecule has 8 heteroatoms. The molecule has 5 nitrogen and oxygen atoms in total. The Kier molecular flexibility index (Phi) is 4.67. The number of anilines is 1. The van der Waals surface area contributed by atoms with Crippen LogP contribution in [0.2, 0.25) is 10.0 Å². The van der Waals surface area contributed by atoms with Crippen LogP contribution < -0.4 is 9.46 Å². The third kappa shape index (κ3) is 3.66. The van der Waals surface area contributed by atoms with Gasteiger partial charge in [0.15, 0.2) is 5.65 Å². The summed E-state index contributed by atoms with van der Waals surface area (Å²) < 4.78 is 11.1. The zero-order chi connectivity index (χ0) is 17.4. The summed E-state index contributed by atoms with van der Waals surface area (Å²) >= 11 is 13.6. The van der Waals surface area contributed by atoms with E-state index in [-0.39, 0.29) is 0 Å². The van der Waals surface area contributed by atoms with Crippen LogP contribution in [0.5, 0.6) is 5.75 Å². The van der Waals surface area contributed by atoms with Gasteiger partial charge in [-0.3, -0.25) is 9.12 Å². The number of aromatic nitrogens is 3. The summed E-state index contributed by atoms with van der Waals surface area (Å²) in [5.74, 6) is 1.97. The van der Waals surface area contributed by atoms with Gasteiger partial charge in [0.2, 0.25) is 5.95 Å². The number of benzene rings is 1. The van der Waals surface area contributed by atoms with Gasteiger partial charge >= 0.3 is 0 Å². The maximum atomic E-state index is 6.04. The van der Waals surface area contributed by atoms with Gasteiger partial charge in [0, 0.05) is 22.5 Å². The lowest BCUT2D eigenvalue weighted by atomic mass is 10.1. The average Bonchev–Trinajstić information content (AvgIpc) is 3.34. The summed E-state index contributed by atoms with van der Waals surface area (Å²) in [6.07, 6.45) is 6.49. The quantitative estimate of drug-likeness (QED) is 0.583. The first-order chi connectivity index (χ1) is 12.1. The van der Waals surface area contributed by atoms with Crippen molar-refractivity contribution in [1.82, 2.24) is 14.6 Å². The van der Waals surface area contributed by atoms with E-state index in [4.69, 9.17) is 27.9 Å². The van der Waals surface area contributed by atoms with Crippen molar-refractivity contribution >= 4 is 46.7 Å². The highest BCUT2D eigenvalue weighted by Crippen LogP contribution is 2.42. The highest BCUT2D eigenvalue weighted by atomic mass is 35.5. The third-order valence-corrected chi connectivity index (χ3v) is 4.93. The minimum absolute atomic E-state index is 0.442. The summed E-state index contributed by atoms with van der Waals surface area (Å²) in [6.45, 7) is 0.442. The SMILES string of the molecule is CSNc1nnc2cc(COc3cc(Cl)cc(Cl)c3)c(C3CC3)cn12. The fourth-order valence-corrected chi connectivity index (χ4v) is 3.64. The predicted molar refractivity (Wildman–Crippen MR) is 103 cm³/mol. The molecule has 1 saturated carbocycles. The molecule has 1 aliphatic carbocycles. The Morgan fingerprint density at radius 2 is 1.96 bits per heavy atom. The normalized spacial score (nSPS) is 14.0. The van der Waals surface area contributed by atoms with Gasteiger partial charge in [-0.15, -0.1) is 10.2 Å². The van der Waals surface area contributed by atoms with Crippen LogP contribution in [0.4, 0.5) is 5.95 Å². The fourth-order valence-electron chi connectivity index (χ4n) is 2.81. The van der Waals surface area contributed by atoms with E-state index in [0.29, 0.717) is 28.3 Å². The smallest absolute Gasteiger partial charge is 0.239 e. The Bertz CT molecular complexity index is 906. The Hall–Kier alpha value is -1.63. The molecule has 25 heavy (non-hydrogen) atoms. The minimum Gasteiger partial charge on any atom is -0.489 e. The summed E-state index contributed by atoms with van der Waals surface area (Å²) in [7, 11) is 0. The topological polar surface area (TPSA) is 51.5 Å². The van der Waals surface area contributed by atoms with E-state index < -0.39 is 0 Å². The number of nitrogens with zero attached hydrogens (tertiary/aromatic N) is 3. The average molecular weight is 395 g/mol. The van der Waals surface area contributed by atoms with Crippen LogP contribution in [-0.2, 0) is 6.61 Å². The number of pyridine rings is 1. The van der Waals surface area contributed by atoms with E-state index in [9.17, 15) is 0 Å². The first kappa shape index (κ1) is 16.8. The fraction of sp³-hybridized carbons (Fsp3) is 0.294. The number of rotatable bonds is 6. The van der Waals surface area contributed by atoms with Crippen LogP contribution in [0.3, 0.4) is 0 Å². The van der Waals surface area contributed by atoms with E-state index in [1.165, 1.54) is 30.4 Å². The van der Waals surface area contributed by atoms with Gasteiger partial charge in [0.25, 0.3) is 0 Å². The second-order valence-electron chi connectivity index (χ2n) is 5.98. The highest BCUT2D eigenvalue weighted by molar-refractivity contribution is 7.99. The Labute approximate surface area is 159 Å². The summed E-state index contributed by atoms with van der Waals surface area (Å²) in [6, 6.07) is 7.26. The maximum absolute atomic E-state index is 6.04. The van der Waals surface area contributed by atoms with Crippen molar-refractivity contribution in [2.45, 2.75) is 25.4 Å². The van der Waals surface area contributed by atoms with Crippen molar-refractivity contribution in [3.63, 3.8) is 0 Å². The molecule has 3 aromatic rings. The zero-order valence-electron chi connectivity index (χ0n) is 13.5. The summed E-state index contributed by atoms with van der Waals surface area (Å²) in [5, 5.41) is 9.56. The van der Waals surface area contributed by atoms with Crippen molar-refractivity contribution in [2.24, 2.45) is 0 Å². The molecular formula is C17H16Cl2N4OS. The van der Waals surface area contributed by atoms with Crippen molar-refractivity contribution in [3.8, 4) is 5.75 Å². The van der Waals surface area contributed by atoms with Gasteiger partial charge in [-0.1, -0.05) is 35.1 Å². The van der Waals surface area contributed by atoms with Crippen molar-refractivity contribution in [2.75, 3.05) is 11.0 Å². The maximum Gasteiger partial charge on any atom is 0.239 e. The molecule has 4 rings (SSSR count). The van der Waals surface area contributed by atoms with Gasteiger partial charge in [-0.05, 0) is 54.2 Å². The molecule has 0 spiro atoms. The van der Waals surface area contributed by atoms with Crippen LogP contribution in [0.25, 0.3) is 5.65 Å². The number of ether oxygens (including phenoxy) is 1. The lowest BCUT2D eigenvalue weighted by Gasteiger charge is -2.12. The standard InChI is InChI=1S/C17H16Cl2N4OS/c1-25-22-17-21-20-16-4-11(15(8-23(16)17)10-2-3-10)9-24-14-6-12(18)5-13(19)7-14/h4-8,10H,2-3,9H2,1H3,(H,21,22). The number of halogens is 2. The molecule has 0 unspecified atom stereocenters. The van der Waals surface area contributed by atoms with Crippen molar-refractivity contribution < 1.29 is 4.74 Å². The van der Waals surface area contributed by atoms with Crippen LogP contribution in [0.1, 0.15) is 29.9 Å². The van der Waals surface area contributed by atoms with E-state index in [1.54, 1.807) is 18.2 Å². The predicted octanol–water partition coefficient (Wildman–Crippen LogP) is 5.18. The summed E-state index contributed by atoms with van der Waals surface area (Å²) in [5.41, 5.74) is 3.20. The molecule has 1 aliphatic rings. The van der Waals surface area contributed by atoms with Crippen molar-refractivity contribution in [3.05, 3.63) is 51.6 Å². The molecule has 1 aromatic carbocycles. The number of hydrogen-bond acceptors (Lipinski definition) is 5. The molecule has 0 amide bonds. The molecule has 1 fully saturated rings. The molecule has 130 valence electrons. The van der Waals surface area contributed by atoms with E-state index in [0.717, 1.165) is 17.2 Å². The van der Waals surface area contributed by atoms with Crippen LogP contribution >= 0.6 is 35.1 Å².